The van der Waals surface area contributed by atoms with Gasteiger partial charge in [0.2, 0.25) is 5.88 Å². The minimum atomic E-state index is -0.517. The van der Waals surface area contributed by atoms with Gasteiger partial charge in [0, 0.05) is 12.4 Å². The van der Waals surface area contributed by atoms with E-state index in [9.17, 15) is 4.79 Å². The van der Waals surface area contributed by atoms with Gasteiger partial charge in [-0.2, -0.15) is 0 Å². The molecule has 0 aliphatic carbocycles. The highest BCUT2D eigenvalue weighted by Crippen LogP contribution is 2.19. The third kappa shape index (κ3) is 4.17. The molecule has 2 heterocycles. The lowest BCUT2D eigenvalue weighted by atomic mass is 10.1. The van der Waals surface area contributed by atoms with E-state index >= 15 is 0 Å². The first kappa shape index (κ1) is 14.8. The van der Waals surface area contributed by atoms with Gasteiger partial charge in [0.05, 0.1) is 19.4 Å². The predicted octanol–water partition coefficient (Wildman–Crippen LogP) is 1.86. The van der Waals surface area contributed by atoms with Crippen LogP contribution in [0.3, 0.4) is 0 Å². The number of pyridine rings is 2. The van der Waals surface area contributed by atoms with Crippen molar-refractivity contribution in [2.24, 2.45) is 0 Å². The van der Waals surface area contributed by atoms with Gasteiger partial charge in [-0.25, -0.2) is 9.78 Å². The highest BCUT2D eigenvalue weighted by molar-refractivity contribution is 5.87. The maximum atomic E-state index is 11.4. The Bertz CT molecular complexity index is 602. The van der Waals surface area contributed by atoms with E-state index in [0.29, 0.717) is 12.3 Å². The van der Waals surface area contributed by atoms with Gasteiger partial charge in [0.15, 0.2) is 5.69 Å². The molecule has 110 valence electrons. The van der Waals surface area contributed by atoms with Crippen molar-refractivity contribution in [1.82, 2.24) is 9.97 Å². The summed E-state index contributed by atoms with van der Waals surface area (Å²) in [6, 6.07) is 7.01. The highest BCUT2D eigenvalue weighted by Gasteiger charge is 2.11. The molecule has 0 aromatic carbocycles. The number of hydrogen-bond donors (Lipinski definition) is 1. The molecule has 6 nitrogen and oxygen atoms in total. The Morgan fingerprint density at radius 1 is 1.24 bits per heavy atom. The number of esters is 1. The van der Waals surface area contributed by atoms with Gasteiger partial charge < -0.3 is 15.2 Å². The second-order valence-corrected chi connectivity index (χ2v) is 4.39. The van der Waals surface area contributed by atoms with Crippen molar-refractivity contribution in [3.8, 4) is 5.88 Å². The Kier molecular flexibility index (Phi) is 5.09. The van der Waals surface area contributed by atoms with Crippen molar-refractivity contribution >= 4 is 11.7 Å². The van der Waals surface area contributed by atoms with Gasteiger partial charge in [-0.05, 0) is 42.7 Å². The molecule has 0 radical (unpaired) electrons. The first-order chi connectivity index (χ1) is 10.2. The van der Waals surface area contributed by atoms with Crippen molar-refractivity contribution in [1.29, 1.82) is 0 Å². The second kappa shape index (κ2) is 7.23. The van der Waals surface area contributed by atoms with Crippen molar-refractivity contribution < 1.29 is 14.3 Å². The monoisotopic (exact) mass is 287 g/mol. The first-order valence-electron chi connectivity index (χ1n) is 6.57. The van der Waals surface area contributed by atoms with E-state index in [-0.39, 0.29) is 11.6 Å². The molecule has 2 aromatic heterocycles. The van der Waals surface area contributed by atoms with Crippen LogP contribution in [-0.4, -0.2) is 29.7 Å². The molecule has 0 atom stereocenters. The van der Waals surface area contributed by atoms with E-state index in [1.54, 1.807) is 18.5 Å². The molecule has 0 saturated carbocycles. The molecular formula is C15H17N3O3. The molecule has 0 amide bonds. The SMILES string of the molecule is COC(=O)c1ccc(N)c(OCCCc2ccncc2)n1. The van der Waals surface area contributed by atoms with Gasteiger partial charge in [-0.3, -0.25) is 4.98 Å². The van der Waals surface area contributed by atoms with Crippen molar-refractivity contribution in [2.45, 2.75) is 12.8 Å². The molecule has 0 unspecified atom stereocenters. The zero-order valence-corrected chi connectivity index (χ0v) is 11.8. The largest absolute Gasteiger partial charge is 0.476 e. The molecule has 21 heavy (non-hydrogen) atoms. The lowest BCUT2D eigenvalue weighted by Crippen LogP contribution is -2.09. The summed E-state index contributed by atoms with van der Waals surface area (Å²) in [5.41, 5.74) is 7.54. The van der Waals surface area contributed by atoms with Gasteiger partial charge in [0.25, 0.3) is 0 Å². The van der Waals surface area contributed by atoms with Gasteiger partial charge in [0.1, 0.15) is 0 Å². The van der Waals surface area contributed by atoms with Gasteiger partial charge in [-0.15, -0.1) is 0 Å². The lowest BCUT2D eigenvalue weighted by molar-refractivity contribution is 0.0593. The number of hydrogen-bond acceptors (Lipinski definition) is 6. The summed E-state index contributed by atoms with van der Waals surface area (Å²) >= 11 is 0. The average molecular weight is 287 g/mol. The number of carbonyl (C=O) groups excluding carboxylic acids is 1. The van der Waals surface area contributed by atoms with E-state index < -0.39 is 5.97 Å². The van der Waals surface area contributed by atoms with E-state index in [2.05, 4.69) is 14.7 Å². The van der Waals surface area contributed by atoms with Gasteiger partial charge >= 0.3 is 5.97 Å². The number of methoxy groups -OCH3 is 1. The van der Waals surface area contributed by atoms with Gasteiger partial charge in [-0.1, -0.05) is 0 Å². The summed E-state index contributed by atoms with van der Waals surface area (Å²) in [5.74, 6) is -0.260. The normalized spacial score (nSPS) is 10.1. The first-order valence-corrected chi connectivity index (χ1v) is 6.57. The number of aryl methyl sites for hydroxylation is 1. The Balaban J connectivity index is 1.89. The van der Waals surface area contributed by atoms with Crippen LogP contribution in [0.25, 0.3) is 0 Å². The van der Waals surface area contributed by atoms with Crippen LogP contribution >= 0.6 is 0 Å². The number of carbonyl (C=O) groups is 1. The number of nitrogens with two attached hydrogens (primary N) is 1. The number of rotatable bonds is 6. The Morgan fingerprint density at radius 2 is 2.00 bits per heavy atom. The molecule has 0 saturated heterocycles. The maximum Gasteiger partial charge on any atom is 0.356 e. The Hall–Kier alpha value is -2.63. The summed E-state index contributed by atoms with van der Waals surface area (Å²) in [4.78, 5) is 19.4. The molecule has 0 aliphatic rings. The highest BCUT2D eigenvalue weighted by atomic mass is 16.5. The second-order valence-electron chi connectivity index (χ2n) is 4.39. The zero-order valence-electron chi connectivity index (χ0n) is 11.8. The smallest absolute Gasteiger partial charge is 0.356 e. The third-order valence-corrected chi connectivity index (χ3v) is 2.88. The fraction of sp³-hybridized carbons (Fsp3) is 0.267. The Labute approximate surface area is 122 Å². The van der Waals surface area contributed by atoms with Crippen LogP contribution in [0, 0.1) is 0 Å². The molecule has 2 aromatic rings. The third-order valence-electron chi connectivity index (χ3n) is 2.88. The lowest BCUT2D eigenvalue weighted by Gasteiger charge is -2.09. The zero-order chi connectivity index (χ0) is 15.1. The van der Waals surface area contributed by atoms with Crippen LogP contribution in [-0.2, 0) is 11.2 Å². The minimum Gasteiger partial charge on any atom is -0.476 e. The number of ether oxygens (including phenoxy) is 2. The van der Waals surface area contributed by atoms with Crippen LogP contribution in [0.1, 0.15) is 22.5 Å². The summed E-state index contributed by atoms with van der Waals surface area (Å²) in [6.45, 7) is 0.462. The maximum absolute atomic E-state index is 11.4. The van der Waals surface area contributed by atoms with E-state index in [0.717, 1.165) is 12.8 Å². The fourth-order valence-electron chi connectivity index (χ4n) is 1.78. The summed E-state index contributed by atoms with van der Waals surface area (Å²) in [5, 5.41) is 0. The van der Waals surface area contributed by atoms with Crippen LogP contribution in [0.15, 0.2) is 36.7 Å². The number of nitrogen functional groups attached to an aromatic ring is 1. The molecule has 0 aliphatic heterocycles. The summed E-state index contributed by atoms with van der Waals surface area (Å²) < 4.78 is 10.1. The van der Waals surface area contributed by atoms with Crippen LogP contribution in [0.4, 0.5) is 5.69 Å². The number of nitrogens with zero attached hydrogens (tertiary/aromatic N) is 2. The molecular weight excluding hydrogens is 270 g/mol. The summed E-state index contributed by atoms with van der Waals surface area (Å²) in [7, 11) is 1.30. The predicted molar refractivity (Wildman–Crippen MR) is 78.0 cm³/mol. The van der Waals surface area contributed by atoms with Crippen molar-refractivity contribution in [3.05, 3.63) is 47.9 Å². The molecule has 2 N–H and O–H groups in total. The Morgan fingerprint density at radius 3 is 2.71 bits per heavy atom. The van der Waals surface area contributed by atoms with E-state index in [1.165, 1.54) is 18.7 Å². The average Bonchev–Trinajstić information content (AvgIpc) is 2.53. The standard InChI is InChI=1S/C15H17N3O3/c1-20-15(19)13-5-4-12(16)14(18-13)21-10-2-3-11-6-8-17-9-7-11/h4-9H,2-3,10,16H2,1H3. The van der Waals surface area contributed by atoms with Crippen molar-refractivity contribution in [3.63, 3.8) is 0 Å². The van der Waals surface area contributed by atoms with E-state index in [4.69, 9.17) is 10.5 Å². The van der Waals surface area contributed by atoms with Crippen molar-refractivity contribution in [2.75, 3.05) is 19.5 Å². The molecule has 6 heteroatoms. The molecule has 0 bridgehead atoms. The topological polar surface area (TPSA) is 87.3 Å². The van der Waals surface area contributed by atoms with Crippen LogP contribution in [0.5, 0.6) is 5.88 Å². The molecule has 0 spiro atoms. The summed E-state index contributed by atoms with van der Waals surface area (Å²) in [6.07, 6.45) is 5.21. The molecule has 0 fully saturated rings. The van der Waals surface area contributed by atoms with Crippen LogP contribution < -0.4 is 10.5 Å². The quantitative estimate of drug-likeness (QED) is 0.644. The molecule has 2 rings (SSSR count). The minimum absolute atomic E-state index is 0.177. The van der Waals surface area contributed by atoms with Crippen LogP contribution in [0.2, 0.25) is 0 Å². The van der Waals surface area contributed by atoms with E-state index in [1.807, 2.05) is 12.1 Å². The number of aromatic nitrogens is 2. The number of anilines is 1. The fourth-order valence-corrected chi connectivity index (χ4v) is 1.78.